The number of halogens is 1. The highest BCUT2D eigenvalue weighted by molar-refractivity contribution is 6.30. The smallest absolute Gasteiger partial charge is 0.410 e. The number of hydrogen-bond donors (Lipinski definition) is 0. The monoisotopic (exact) mass is 535 g/mol. The van der Waals surface area contributed by atoms with Crippen molar-refractivity contribution in [3.05, 3.63) is 82.6 Å². The van der Waals surface area contributed by atoms with E-state index in [0.29, 0.717) is 13.1 Å². The summed E-state index contributed by atoms with van der Waals surface area (Å²) in [7, 11) is 2.15. The Kier molecular flexibility index (Phi) is 7.43. The molecule has 202 valence electrons. The number of hydrogen-bond acceptors (Lipinski definition) is 5. The normalized spacial score (nSPS) is 21.8. The maximum absolute atomic E-state index is 12.7. The molecule has 0 saturated carbocycles. The minimum atomic E-state index is -0.500. The fourth-order valence-corrected chi connectivity index (χ4v) is 5.96. The van der Waals surface area contributed by atoms with Crippen molar-refractivity contribution < 1.29 is 9.53 Å². The summed E-state index contributed by atoms with van der Waals surface area (Å²) < 4.78 is 7.88. The predicted molar refractivity (Wildman–Crippen MR) is 152 cm³/mol. The minimum Gasteiger partial charge on any atom is -0.444 e. The number of ether oxygens (including phenoxy) is 1. The summed E-state index contributed by atoms with van der Waals surface area (Å²) in [5.41, 5.74) is 4.44. The van der Waals surface area contributed by atoms with Crippen molar-refractivity contribution in [1.29, 1.82) is 0 Å². The van der Waals surface area contributed by atoms with Crippen LogP contribution in [0, 0.1) is 0 Å². The highest BCUT2D eigenvalue weighted by Gasteiger charge is 2.39. The maximum atomic E-state index is 12.7. The van der Waals surface area contributed by atoms with E-state index in [2.05, 4.69) is 76.1 Å². The van der Waals surface area contributed by atoms with Gasteiger partial charge >= 0.3 is 6.09 Å². The van der Waals surface area contributed by atoms with Gasteiger partial charge in [-0.15, -0.1) is 0 Å². The van der Waals surface area contributed by atoms with Gasteiger partial charge in [0.15, 0.2) is 0 Å². The van der Waals surface area contributed by atoms with E-state index >= 15 is 0 Å². The molecule has 7 nitrogen and oxygen atoms in total. The first-order chi connectivity index (χ1) is 18.1. The molecule has 1 amide bonds. The highest BCUT2D eigenvalue weighted by atomic mass is 35.5. The van der Waals surface area contributed by atoms with Crippen molar-refractivity contribution in [2.24, 2.45) is 0 Å². The molecule has 0 radical (unpaired) electrons. The third-order valence-electron chi connectivity index (χ3n) is 7.53. The molecule has 1 aliphatic carbocycles. The summed E-state index contributed by atoms with van der Waals surface area (Å²) in [6, 6.07) is 6.55. The number of likely N-dealkylation sites (N-methyl/N-ethyl adjacent to an activating group) is 1. The Labute approximate surface area is 231 Å². The van der Waals surface area contributed by atoms with Gasteiger partial charge in [0.2, 0.25) is 0 Å². The van der Waals surface area contributed by atoms with Gasteiger partial charge in [-0.1, -0.05) is 36.7 Å². The Morgan fingerprint density at radius 2 is 1.92 bits per heavy atom. The van der Waals surface area contributed by atoms with Gasteiger partial charge in [-0.25, -0.2) is 9.78 Å². The van der Waals surface area contributed by atoms with Crippen molar-refractivity contribution in [2.75, 3.05) is 33.2 Å². The third kappa shape index (κ3) is 5.40. The van der Waals surface area contributed by atoms with Gasteiger partial charge in [0, 0.05) is 63.6 Å². The zero-order chi connectivity index (χ0) is 27.0. The molecule has 0 spiro atoms. The number of allylic oxidation sites excluding steroid dienone is 3. The molecule has 2 unspecified atom stereocenters. The molecular formula is C30H38ClN5O2. The molecule has 0 bridgehead atoms. The van der Waals surface area contributed by atoms with Gasteiger partial charge in [0.1, 0.15) is 11.4 Å². The molecule has 1 saturated heterocycles. The fraction of sp³-hybridized carbons (Fsp3) is 0.467. The second-order valence-corrected chi connectivity index (χ2v) is 11.7. The van der Waals surface area contributed by atoms with E-state index in [1.807, 2.05) is 37.9 Å². The van der Waals surface area contributed by atoms with Gasteiger partial charge in [-0.05, 0) is 67.5 Å². The van der Waals surface area contributed by atoms with Crippen LogP contribution in [0.1, 0.15) is 50.7 Å². The molecule has 2 aliphatic heterocycles. The van der Waals surface area contributed by atoms with Crippen LogP contribution in [0.3, 0.4) is 0 Å². The lowest BCUT2D eigenvalue weighted by molar-refractivity contribution is 0.00661. The van der Waals surface area contributed by atoms with Crippen molar-refractivity contribution in [2.45, 2.75) is 58.3 Å². The lowest BCUT2D eigenvalue weighted by atomic mass is 9.89. The molecule has 1 aromatic heterocycles. The fourth-order valence-electron chi connectivity index (χ4n) is 5.79. The summed E-state index contributed by atoms with van der Waals surface area (Å²) in [6.07, 6.45) is 13.4. The third-order valence-corrected chi connectivity index (χ3v) is 7.76. The highest BCUT2D eigenvalue weighted by Crippen LogP contribution is 2.43. The van der Waals surface area contributed by atoms with Gasteiger partial charge < -0.3 is 19.1 Å². The Balaban J connectivity index is 1.51. The van der Waals surface area contributed by atoms with Crippen LogP contribution in [0.25, 0.3) is 5.57 Å². The van der Waals surface area contributed by atoms with E-state index < -0.39 is 5.60 Å². The SMILES string of the molecule is CCc1nccn1CC1=CC2=CC=CN(C)C2C(N2CCN(C(=O)OC(C)(C)C)CC2)c2ccc(Cl)cc21. The second-order valence-electron chi connectivity index (χ2n) is 11.3. The number of benzene rings is 1. The van der Waals surface area contributed by atoms with Crippen LogP contribution < -0.4 is 0 Å². The van der Waals surface area contributed by atoms with Crippen LogP contribution in [0.15, 0.2) is 60.6 Å². The molecule has 3 heterocycles. The quantitative estimate of drug-likeness (QED) is 0.514. The average Bonchev–Trinajstić information content (AvgIpc) is 3.27. The standard InChI is InChI=1S/C30H38ClN5O2/c1-6-26-32-11-13-36(26)20-22-18-21-8-7-12-33(5)27(21)28(24-10-9-23(31)19-25(22)24)34-14-16-35(17-15-34)29(37)38-30(2,3)4/h7-13,18-19,27-28H,6,14-17,20H2,1-5H3. The average molecular weight is 536 g/mol. The predicted octanol–water partition coefficient (Wildman–Crippen LogP) is 5.54. The molecule has 1 aromatic carbocycles. The van der Waals surface area contributed by atoms with Gasteiger partial charge in [0.25, 0.3) is 0 Å². The topological polar surface area (TPSA) is 53.8 Å². The van der Waals surface area contributed by atoms with Crippen LogP contribution in [-0.4, -0.2) is 75.2 Å². The molecule has 3 aliphatic rings. The number of carbonyl (C=O) groups excluding carboxylic acids is 1. The molecule has 0 N–H and O–H groups in total. The lowest BCUT2D eigenvalue weighted by Gasteiger charge is -2.45. The van der Waals surface area contributed by atoms with Crippen LogP contribution in [-0.2, 0) is 17.7 Å². The largest absolute Gasteiger partial charge is 0.444 e. The van der Waals surface area contributed by atoms with Crippen molar-refractivity contribution in [3.63, 3.8) is 0 Å². The summed E-state index contributed by atoms with van der Waals surface area (Å²) in [4.78, 5) is 24.0. The molecular weight excluding hydrogens is 498 g/mol. The molecule has 8 heteroatoms. The summed E-state index contributed by atoms with van der Waals surface area (Å²) in [6.45, 7) is 11.4. The Morgan fingerprint density at radius 1 is 1.16 bits per heavy atom. The van der Waals surface area contributed by atoms with Crippen molar-refractivity contribution in [1.82, 2.24) is 24.3 Å². The van der Waals surface area contributed by atoms with E-state index in [1.165, 1.54) is 22.3 Å². The van der Waals surface area contributed by atoms with Gasteiger partial charge in [-0.2, -0.15) is 0 Å². The number of fused-ring (bicyclic) bond motifs is 2. The minimum absolute atomic E-state index is 0.103. The number of amides is 1. The molecule has 2 atom stereocenters. The molecule has 2 aromatic rings. The number of nitrogens with zero attached hydrogens (tertiary/aromatic N) is 5. The lowest BCUT2D eigenvalue weighted by Crippen LogP contribution is -2.54. The van der Waals surface area contributed by atoms with Gasteiger partial charge in [0.05, 0.1) is 12.1 Å². The summed E-state index contributed by atoms with van der Waals surface area (Å²) in [5.74, 6) is 1.07. The number of carbonyl (C=O) groups is 1. The summed E-state index contributed by atoms with van der Waals surface area (Å²) in [5, 5.41) is 0.731. The second kappa shape index (κ2) is 10.6. The first-order valence-electron chi connectivity index (χ1n) is 13.5. The Morgan fingerprint density at radius 3 is 2.63 bits per heavy atom. The Bertz CT molecular complexity index is 1280. The van der Waals surface area contributed by atoms with Crippen LogP contribution in [0.2, 0.25) is 5.02 Å². The van der Waals surface area contributed by atoms with E-state index in [-0.39, 0.29) is 18.2 Å². The van der Waals surface area contributed by atoms with E-state index in [1.54, 1.807) is 0 Å². The zero-order valence-corrected chi connectivity index (χ0v) is 23.8. The maximum Gasteiger partial charge on any atom is 0.410 e. The van der Waals surface area contributed by atoms with Crippen LogP contribution in [0.5, 0.6) is 0 Å². The van der Waals surface area contributed by atoms with E-state index in [4.69, 9.17) is 16.3 Å². The van der Waals surface area contributed by atoms with E-state index in [0.717, 1.165) is 36.9 Å². The van der Waals surface area contributed by atoms with E-state index in [9.17, 15) is 4.79 Å². The summed E-state index contributed by atoms with van der Waals surface area (Å²) >= 11 is 6.60. The first-order valence-corrected chi connectivity index (χ1v) is 13.8. The van der Waals surface area contributed by atoms with Crippen LogP contribution >= 0.6 is 11.6 Å². The van der Waals surface area contributed by atoms with Crippen LogP contribution in [0.4, 0.5) is 4.79 Å². The zero-order valence-electron chi connectivity index (χ0n) is 23.0. The Hall–Kier alpha value is -3.03. The first kappa shape index (κ1) is 26.6. The van der Waals surface area contributed by atoms with Crippen molar-refractivity contribution >= 4 is 23.3 Å². The molecule has 1 fully saturated rings. The molecule has 38 heavy (non-hydrogen) atoms. The number of piperazine rings is 1. The number of rotatable bonds is 4. The number of aryl methyl sites for hydroxylation is 1. The van der Waals surface area contributed by atoms with Gasteiger partial charge in [-0.3, -0.25) is 4.90 Å². The van der Waals surface area contributed by atoms with Crippen molar-refractivity contribution in [3.8, 4) is 0 Å². The number of aromatic nitrogens is 2. The number of imidazole rings is 1. The molecule has 5 rings (SSSR count).